The van der Waals surface area contributed by atoms with E-state index in [1.165, 1.54) is 56.6 Å². The number of piperidine rings is 1. The van der Waals surface area contributed by atoms with Crippen molar-refractivity contribution in [1.29, 1.82) is 0 Å². The van der Waals surface area contributed by atoms with Gasteiger partial charge in [0.15, 0.2) is 0 Å². The second-order valence-corrected chi connectivity index (χ2v) is 7.43. The number of rotatable bonds is 4. The second-order valence-electron chi connectivity index (χ2n) is 7.43. The lowest BCUT2D eigenvalue weighted by Crippen LogP contribution is -2.44. The van der Waals surface area contributed by atoms with Gasteiger partial charge >= 0.3 is 0 Å². The van der Waals surface area contributed by atoms with Crippen LogP contribution in [-0.4, -0.2) is 45.8 Å². The monoisotopic (exact) mass is 314 g/mol. The summed E-state index contributed by atoms with van der Waals surface area (Å²) >= 11 is 0. The Balaban J connectivity index is 1.37. The highest BCUT2D eigenvalue weighted by Gasteiger charge is 2.41. The SMILES string of the molecule is Cn1cc(CN2CCC[C@@]3(CCN(Cc4ccoc4)C3)C2)cn1. The fraction of sp³-hybridized carbons (Fsp3) is 0.611. The van der Waals surface area contributed by atoms with Crippen LogP contribution in [0.15, 0.2) is 35.4 Å². The van der Waals surface area contributed by atoms with E-state index in [1.807, 2.05) is 24.2 Å². The fourth-order valence-electron chi connectivity index (χ4n) is 4.39. The third-order valence-electron chi connectivity index (χ3n) is 5.41. The maximum absolute atomic E-state index is 5.20. The minimum Gasteiger partial charge on any atom is -0.472 e. The molecule has 0 aromatic carbocycles. The van der Waals surface area contributed by atoms with Crippen LogP contribution in [-0.2, 0) is 20.1 Å². The van der Waals surface area contributed by atoms with Gasteiger partial charge in [0.1, 0.15) is 0 Å². The van der Waals surface area contributed by atoms with Crippen molar-refractivity contribution in [1.82, 2.24) is 19.6 Å². The molecule has 0 aliphatic carbocycles. The van der Waals surface area contributed by atoms with Crippen LogP contribution in [0.4, 0.5) is 0 Å². The van der Waals surface area contributed by atoms with Crippen molar-refractivity contribution in [2.24, 2.45) is 12.5 Å². The van der Waals surface area contributed by atoms with E-state index in [-0.39, 0.29) is 0 Å². The van der Waals surface area contributed by atoms with E-state index >= 15 is 0 Å². The molecule has 0 amide bonds. The first kappa shape index (κ1) is 15.0. The van der Waals surface area contributed by atoms with Gasteiger partial charge in [0, 0.05) is 50.6 Å². The fourth-order valence-corrected chi connectivity index (χ4v) is 4.39. The third kappa shape index (κ3) is 3.35. The molecule has 0 N–H and O–H groups in total. The van der Waals surface area contributed by atoms with Crippen molar-refractivity contribution in [2.45, 2.75) is 32.4 Å². The van der Waals surface area contributed by atoms with Crippen LogP contribution in [0.5, 0.6) is 0 Å². The minimum absolute atomic E-state index is 0.490. The van der Waals surface area contributed by atoms with E-state index in [4.69, 9.17) is 4.42 Å². The van der Waals surface area contributed by atoms with Gasteiger partial charge in [-0.1, -0.05) is 0 Å². The summed E-state index contributed by atoms with van der Waals surface area (Å²) in [4.78, 5) is 5.22. The molecule has 0 unspecified atom stereocenters. The Kier molecular flexibility index (Phi) is 3.99. The van der Waals surface area contributed by atoms with Gasteiger partial charge in [-0.2, -0.15) is 5.10 Å². The molecule has 0 radical (unpaired) electrons. The van der Waals surface area contributed by atoms with Crippen LogP contribution in [0.3, 0.4) is 0 Å². The van der Waals surface area contributed by atoms with Crippen LogP contribution >= 0.6 is 0 Å². The van der Waals surface area contributed by atoms with Crippen LogP contribution in [0.2, 0.25) is 0 Å². The summed E-state index contributed by atoms with van der Waals surface area (Å²) in [7, 11) is 1.99. The number of likely N-dealkylation sites (tertiary alicyclic amines) is 2. The highest BCUT2D eigenvalue weighted by atomic mass is 16.3. The van der Waals surface area contributed by atoms with Crippen LogP contribution in [0.25, 0.3) is 0 Å². The summed E-state index contributed by atoms with van der Waals surface area (Å²) in [5, 5.41) is 4.30. The molecular weight excluding hydrogens is 288 g/mol. The Morgan fingerprint density at radius 1 is 1.13 bits per heavy atom. The van der Waals surface area contributed by atoms with Gasteiger partial charge in [-0.25, -0.2) is 0 Å². The predicted octanol–water partition coefficient (Wildman–Crippen LogP) is 2.50. The molecule has 2 saturated heterocycles. The lowest BCUT2D eigenvalue weighted by Gasteiger charge is -2.40. The smallest absolute Gasteiger partial charge is 0.0947 e. The first-order valence-electron chi connectivity index (χ1n) is 8.64. The van der Waals surface area contributed by atoms with E-state index in [0.717, 1.165) is 13.1 Å². The number of furan rings is 1. The van der Waals surface area contributed by atoms with Gasteiger partial charge in [0.05, 0.1) is 18.7 Å². The zero-order chi connectivity index (χ0) is 15.7. The van der Waals surface area contributed by atoms with Gasteiger partial charge in [0.25, 0.3) is 0 Å². The van der Waals surface area contributed by atoms with Gasteiger partial charge in [-0.15, -0.1) is 0 Å². The molecule has 4 rings (SSSR count). The molecule has 124 valence electrons. The molecule has 5 heteroatoms. The third-order valence-corrected chi connectivity index (χ3v) is 5.41. The Bertz CT molecular complexity index is 635. The Morgan fingerprint density at radius 2 is 1.96 bits per heavy atom. The lowest BCUT2D eigenvalue weighted by molar-refractivity contribution is 0.0866. The van der Waals surface area contributed by atoms with Crippen molar-refractivity contribution in [3.63, 3.8) is 0 Å². The molecule has 2 aromatic heterocycles. The molecule has 1 atom stereocenters. The maximum atomic E-state index is 5.20. The summed E-state index contributed by atoms with van der Waals surface area (Å²) in [6, 6.07) is 2.08. The van der Waals surface area contributed by atoms with Crippen LogP contribution in [0, 0.1) is 5.41 Å². The zero-order valence-corrected chi connectivity index (χ0v) is 13.9. The van der Waals surface area contributed by atoms with E-state index in [0.29, 0.717) is 5.41 Å². The highest BCUT2D eigenvalue weighted by Crippen LogP contribution is 2.39. The van der Waals surface area contributed by atoms with E-state index in [2.05, 4.69) is 27.2 Å². The molecule has 1 spiro atoms. The molecular formula is C18H26N4O. The highest BCUT2D eigenvalue weighted by molar-refractivity contribution is 5.07. The predicted molar refractivity (Wildman–Crippen MR) is 88.8 cm³/mol. The molecule has 0 bridgehead atoms. The van der Waals surface area contributed by atoms with Crippen molar-refractivity contribution in [2.75, 3.05) is 26.2 Å². The van der Waals surface area contributed by atoms with Crippen molar-refractivity contribution in [3.05, 3.63) is 42.1 Å². The first-order valence-corrected chi connectivity index (χ1v) is 8.64. The van der Waals surface area contributed by atoms with Crippen LogP contribution in [0.1, 0.15) is 30.4 Å². The largest absolute Gasteiger partial charge is 0.472 e. The first-order chi connectivity index (χ1) is 11.2. The minimum atomic E-state index is 0.490. The van der Waals surface area contributed by atoms with Gasteiger partial charge in [-0.05, 0) is 43.8 Å². The zero-order valence-electron chi connectivity index (χ0n) is 13.9. The summed E-state index contributed by atoms with van der Waals surface area (Å²) < 4.78 is 7.10. The second kappa shape index (κ2) is 6.13. The van der Waals surface area contributed by atoms with Crippen molar-refractivity contribution >= 4 is 0 Å². The molecule has 23 heavy (non-hydrogen) atoms. The van der Waals surface area contributed by atoms with E-state index < -0.39 is 0 Å². The maximum Gasteiger partial charge on any atom is 0.0947 e. The van der Waals surface area contributed by atoms with Crippen LogP contribution < -0.4 is 0 Å². The van der Waals surface area contributed by atoms with E-state index in [1.54, 1.807) is 6.26 Å². The van der Waals surface area contributed by atoms with Crippen molar-refractivity contribution in [3.8, 4) is 0 Å². The number of hydrogen-bond acceptors (Lipinski definition) is 4. The molecule has 0 saturated carbocycles. The average molecular weight is 314 g/mol. The van der Waals surface area contributed by atoms with E-state index in [9.17, 15) is 0 Å². The summed E-state index contributed by atoms with van der Waals surface area (Å²) in [5.74, 6) is 0. The Hall–Kier alpha value is -1.59. The lowest BCUT2D eigenvalue weighted by atomic mass is 9.79. The average Bonchev–Trinajstić information content (AvgIpc) is 3.24. The van der Waals surface area contributed by atoms with Crippen molar-refractivity contribution < 1.29 is 4.42 Å². The quantitative estimate of drug-likeness (QED) is 0.869. The standard InChI is InChI=1S/C18H26N4O/c1-20-10-17(9-19-20)12-21-6-2-4-18(14-21)5-7-22(15-18)11-16-3-8-23-13-16/h3,8-10,13H,2,4-7,11-12,14-15H2,1H3/t18-/m1/s1. The molecule has 2 aromatic rings. The molecule has 5 nitrogen and oxygen atoms in total. The topological polar surface area (TPSA) is 37.4 Å². The number of nitrogens with zero attached hydrogens (tertiary/aromatic N) is 4. The number of aryl methyl sites for hydroxylation is 1. The van der Waals surface area contributed by atoms with Gasteiger partial charge in [-0.3, -0.25) is 14.5 Å². The molecule has 2 fully saturated rings. The number of hydrogen-bond donors (Lipinski definition) is 0. The molecule has 2 aliphatic rings. The van der Waals surface area contributed by atoms with Gasteiger partial charge < -0.3 is 4.42 Å². The molecule has 2 aliphatic heterocycles. The Labute approximate surface area is 137 Å². The summed E-state index contributed by atoms with van der Waals surface area (Å²) in [6.07, 6.45) is 11.8. The molecule has 4 heterocycles. The Morgan fingerprint density at radius 3 is 2.70 bits per heavy atom. The summed E-state index contributed by atoms with van der Waals surface area (Å²) in [6.45, 7) is 6.95. The normalized spacial score (nSPS) is 26.3. The summed E-state index contributed by atoms with van der Waals surface area (Å²) in [5.41, 5.74) is 3.12. The number of aromatic nitrogens is 2. The van der Waals surface area contributed by atoms with Gasteiger partial charge in [0.2, 0.25) is 0 Å².